The first-order chi connectivity index (χ1) is 3.72. The van der Waals surface area contributed by atoms with Crippen molar-refractivity contribution < 1.29 is 5.11 Å². The molecule has 1 heterocycles. The molecule has 1 rings (SSSR count). The molecule has 1 aliphatic rings. The zero-order valence-corrected chi connectivity index (χ0v) is 5.20. The number of aliphatic hydroxyl groups excluding tert-OH is 1. The normalized spacial score (nSPS) is 38.9. The van der Waals surface area contributed by atoms with Gasteiger partial charge in [0.15, 0.2) is 0 Å². The fraction of sp³-hybridized carbons (Fsp3) is 0.667. The number of hydrogen-bond acceptors (Lipinski definition) is 2. The summed E-state index contributed by atoms with van der Waals surface area (Å²) in [7, 11) is 1.90. The van der Waals surface area contributed by atoms with Crippen LogP contribution in [0.1, 0.15) is 6.92 Å². The van der Waals surface area contributed by atoms with Gasteiger partial charge in [0.05, 0.1) is 0 Å². The Morgan fingerprint density at radius 2 is 2.12 bits per heavy atom. The van der Waals surface area contributed by atoms with Crippen molar-refractivity contribution in [1.82, 2.24) is 4.90 Å². The van der Waals surface area contributed by atoms with E-state index in [4.69, 9.17) is 5.11 Å². The van der Waals surface area contributed by atoms with Gasteiger partial charge in [-0.2, -0.15) is 0 Å². The second-order valence-corrected chi connectivity index (χ2v) is 2.20. The van der Waals surface area contributed by atoms with Crippen LogP contribution in [0, 0.1) is 0 Å². The third kappa shape index (κ3) is 0.767. The Morgan fingerprint density at radius 3 is 2.25 bits per heavy atom. The van der Waals surface area contributed by atoms with E-state index >= 15 is 0 Å². The maximum atomic E-state index is 9.01. The molecule has 2 atom stereocenters. The molecule has 0 bridgehead atoms. The van der Waals surface area contributed by atoms with Gasteiger partial charge in [0.1, 0.15) is 6.23 Å². The average molecular weight is 113 g/mol. The van der Waals surface area contributed by atoms with Crippen LogP contribution in [-0.2, 0) is 0 Å². The Hall–Kier alpha value is -0.340. The Kier molecular flexibility index (Phi) is 1.36. The quantitative estimate of drug-likeness (QED) is 0.453. The van der Waals surface area contributed by atoms with Gasteiger partial charge in [0.25, 0.3) is 0 Å². The minimum Gasteiger partial charge on any atom is -0.375 e. The fourth-order valence-electron chi connectivity index (χ4n) is 0.773. The number of likely N-dealkylation sites (N-methyl/N-ethyl adjacent to an activating group) is 1. The zero-order valence-electron chi connectivity index (χ0n) is 5.20. The molecule has 2 heteroatoms. The third-order valence-electron chi connectivity index (χ3n) is 1.62. The van der Waals surface area contributed by atoms with E-state index in [1.54, 1.807) is 6.08 Å². The smallest absolute Gasteiger partial charge is 0.126 e. The monoisotopic (exact) mass is 113 g/mol. The lowest BCUT2D eigenvalue weighted by molar-refractivity contribution is 0.0637. The summed E-state index contributed by atoms with van der Waals surface area (Å²) in [6.07, 6.45) is 3.43. The van der Waals surface area contributed by atoms with Crippen LogP contribution in [0.3, 0.4) is 0 Å². The summed E-state index contributed by atoms with van der Waals surface area (Å²) in [4.78, 5) is 1.89. The minimum absolute atomic E-state index is 0.356. The molecule has 2 nitrogen and oxygen atoms in total. The van der Waals surface area contributed by atoms with Crippen LogP contribution in [-0.4, -0.2) is 29.3 Å². The lowest BCUT2D eigenvalue weighted by atomic mass is 10.3. The molecular weight excluding hydrogens is 102 g/mol. The fourth-order valence-corrected chi connectivity index (χ4v) is 0.773. The van der Waals surface area contributed by atoms with Crippen molar-refractivity contribution in [2.24, 2.45) is 0 Å². The second-order valence-electron chi connectivity index (χ2n) is 2.20. The van der Waals surface area contributed by atoms with E-state index in [2.05, 4.69) is 0 Å². The van der Waals surface area contributed by atoms with Gasteiger partial charge in [-0.3, -0.25) is 4.90 Å². The van der Waals surface area contributed by atoms with Crippen LogP contribution in [0.2, 0.25) is 0 Å². The molecule has 46 valence electrons. The first kappa shape index (κ1) is 5.79. The summed E-state index contributed by atoms with van der Waals surface area (Å²) in [5.41, 5.74) is 0. The summed E-state index contributed by atoms with van der Waals surface area (Å²) < 4.78 is 0. The zero-order chi connectivity index (χ0) is 6.15. The molecule has 0 aromatic carbocycles. The molecule has 0 radical (unpaired) electrons. The lowest BCUT2D eigenvalue weighted by Gasteiger charge is -2.17. The van der Waals surface area contributed by atoms with Crippen LogP contribution in [0.5, 0.6) is 0 Å². The Bertz CT molecular complexity index is 99.1. The molecular formula is C6H11NO. The molecule has 0 saturated heterocycles. The lowest BCUT2D eigenvalue weighted by Crippen LogP contribution is -2.30. The van der Waals surface area contributed by atoms with Gasteiger partial charge in [0, 0.05) is 6.04 Å². The van der Waals surface area contributed by atoms with Crippen molar-refractivity contribution in [2.75, 3.05) is 7.05 Å². The van der Waals surface area contributed by atoms with Gasteiger partial charge in [-0.15, -0.1) is 0 Å². The average Bonchev–Trinajstić information content (AvgIpc) is 1.98. The van der Waals surface area contributed by atoms with E-state index in [0.717, 1.165) is 0 Å². The molecule has 8 heavy (non-hydrogen) atoms. The molecule has 2 unspecified atom stereocenters. The highest BCUT2D eigenvalue weighted by Crippen LogP contribution is 2.09. The van der Waals surface area contributed by atoms with Gasteiger partial charge in [-0.25, -0.2) is 0 Å². The molecule has 1 aliphatic heterocycles. The first-order valence-corrected chi connectivity index (χ1v) is 2.80. The highest BCUT2D eigenvalue weighted by molar-refractivity contribution is 5.03. The van der Waals surface area contributed by atoms with Gasteiger partial charge in [0.2, 0.25) is 0 Å². The van der Waals surface area contributed by atoms with Crippen LogP contribution < -0.4 is 0 Å². The number of hydrogen-bond donors (Lipinski definition) is 1. The van der Waals surface area contributed by atoms with E-state index in [1.165, 1.54) is 0 Å². The third-order valence-corrected chi connectivity index (χ3v) is 1.62. The van der Waals surface area contributed by atoms with Gasteiger partial charge < -0.3 is 5.11 Å². The van der Waals surface area contributed by atoms with Crippen molar-refractivity contribution in [1.29, 1.82) is 0 Å². The highest BCUT2D eigenvalue weighted by Gasteiger charge is 2.17. The Labute approximate surface area is 49.4 Å². The standard InChI is InChI=1S/C6H11NO/c1-5-3-4-6(8)7(5)2/h3-6,8H,1-2H3. The summed E-state index contributed by atoms with van der Waals surface area (Å²) in [6.45, 7) is 2.05. The molecule has 0 aliphatic carbocycles. The summed E-state index contributed by atoms with van der Waals surface area (Å²) in [5, 5.41) is 9.01. The molecule has 0 aromatic rings. The van der Waals surface area contributed by atoms with Crippen LogP contribution >= 0.6 is 0 Å². The molecule has 0 fully saturated rings. The molecule has 0 spiro atoms. The van der Waals surface area contributed by atoms with E-state index in [9.17, 15) is 0 Å². The van der Waals surface area contributed by atoms with Crippen molar-refractivity contribution in [3.05, 3.63) is 12.2 Å². The van der Waals surface area contributed by atoms with Crippen molar-refractivity contribution in [3.63, 3.8) is 0 Å². The first-order valence-electron chi connectivity index (χ1n) is 2.80. The summed E-state index contributed by atoms with van der Waals surface area (Å²) in [6, 6.07) is 0.394. The number of nitrogens with zero attached hydrogens (tertiary/aromatic N) is 1. The number of aliphatic hydroxyl groups is 1. The maximum absolute atomic E-state index is 9.01. The SMILES string of the molecule is CC1C=CC(O)N1C. The molecule has 0 saturated carbocycles. The Balaban J connectivity index is 2.55. The molecule has 1 N–H and O–H groups in total. The topological polar surface area (TPSA) is 23.5 Å². The minimum atomic E-state index is -0.356. The largest absolute Gasteiger partial charge is 0.375 e. The highest BCUT2D eigenvalue weighted by atomic mass is 16.3. The van der Waals surface area contributed by atoms with Gasteiger partial charge in [-0.1, -0.05) is 6.08 Å². The predicted octanol–water partition coefficient (Wildman–Crippen LogP) is 0.195. The van der Waals surface area contributed by atoms with Gasteiger partial charge >= 0.3 is 0 Å². The summed E-state index contributed by atoms with van der Waals surface area (Å²) >= 11 is 0. The van der Waals surface area contributed by atoms with E-state index in [0.29, 0.717) is 6.04 Å². The van der Waals surface area contributed by atoms with Crippen molar-refractivity contribution >= 4 is 0 Å². The van der Waals surface area contributed by atoms with E-state index in [1.807, 2.05) is 24.9 Å². The van der Waals surface area contributed by atoms with Crippen LogP contribution in [0.25, 0.3) is 0 Å². The number of rotatable bonds is 0. The Morgan fingerprint density at radius 1 is 1.50 bits per heavy atom. The van der Waals surface area contributed by atoms with E-state index in [-0.39, 0.29) is 6.23 Å². The van der Waals surface area contributed by atoms with Crippen molar-refractivity contribution in [2.45, 2.75) is 19.2 Å². The predicted molar refractivity (Wildman–Crippen MR) is 32.4 cm³/mol. The molecule has 0 aromatic heterocycles. The molecule has 0 amide bonds. The van der Waals surface area contributed by atoms with Crippen LogP contribution in [0.15, 0.2) is 12.2 Å². The van der Waals surface area contributed by atoms with Crippen molar-refractivity contribution in [3.8, 4) is 0 Å². The van der Waals surface area contributed by atoms with E-state index < -0.39 is 0 Å². The second kappa shape index (κ2) is 1.88. The summed E-state index contributed by atoms with van der Waals surface area (Å²) in [5.74, 6) is 0. The van der Waals surface area contributed by atoms with Gasteiger partial charge in [-0.05, 0) is 20.0 Å². The maximum Gasteiger partial charge on any atom is 0.126 e. The van der Waals surface area contributed by atoms with Crippen LogP contribution in [0.4, 0.5) is 0 Å².